The first-order chi connectivity index (χ1) is 10.6. The number of carbonyl (C=O) groups is 2. The molecule has 0 atom stereocenters. The summed E-state index contributed by atoms with van der Waals surface area (Å²) >= 11 is 0. The van der Waals surface area contributed by atoms with Crippen molar-refractivity contribution in [1.29, 1.82) is 0 Å². The zero-order chi connectivity index (χ0) is 15.8. The minimum atomic E-state index is -0.0887. The predicted molar refractivity (Wildman–Crippen MR) is 84.0 cm³/mol. The minimum absolute atomic E-state index is 0.0257. The zero-order valence-corrected chi connectivity index (χ0v) is 12.4. The number of nitrogens with zero attached hydrogens (tertiary/aromatic N) is 1. The van der Waals surface area contributed by atoms with Crippen LogP contribution in [0.3, 0.4) is 0 Å². The molecule has 0 fully saturated rings. The molecular weight excluding hydrogens is 280 g/mol. The molecule has 22 heavy (non-hydrogen) atoms. The van der Waals surface area contributed by atoms with Crippen LogP contribution in [0.5, 0.6) is 5.75 Å². The number of ether oxygens (including phenoxy) is 1. The first kappa shape index (κ1) is 15.7. The summed E-state index contributed by atoms with van der Waals surface area (Å²) < 4.78 is 5.53. The number of Topliss-reactive ketones (excluding diaryl/α,β-unsaturated/α-hetero) is 1. The van der Waals surface area contributed by atoms with E-state index >= 15 is 0 Å². The van der Waals surface area contributed by atoms with E-state index in [1.807, 2.05) is 6.07 Å². The Morgan fingerprint density at radius 1 is 1.14 bits per heavy atom. The van der Waals surface area contributed by atoms with E-state index in [1.165, 1.54) is 6.92 Å². The van der Waals surface area contributed by atoms with Gasteiger partial charge in [0.05, 0.1) is 6.61 Å². The smallest absolute Gasteiger partial charge is 0.225 e. The molecule has 5 nitrogen and oxygen atoms in total. The summed E-state index contributed by atoms with van der Waals surface area (Å²) in [4.78, 5) is 26.9. The number of carbonyl (C=O) groups excluding carboxylic acids is 2. The molecule has 2 aromatic rings. The van der Waals surface area contributed by atoms with E-state index < -0.39 is 0 Å². The molecule has 0 saturated carbocycles. The summed E-state index contributed by atoms with van der Waals surface area (Å²) in [6.07, 6.45) is 2.60. The molecular formula is C17H18N2O3. The largest absolute Gasteiger partial charge is 0.494 e. The highest BCUT2D eigenvalue weighted by molar-refractivity contribution is 5.94. The van der Waals surface area contributed by atoms with Crippen LogP contribution in [0.25, 0.3) is 0 Å². The number of anilines is 1. The maximum absolute atomic E-state index is 11.7. The molecule has 0 radical (unpaired) electrons. The van der Waals surface area contributed by atoms with Gasteiger partial charge >= 0.3 is 0 Å². The molecule has 1 heterocycles. The molecule has 0 aliphatic carbocycles. The minimum Gasteiger partial charge on any atom is -0.494 e. The van der Waals surface area contributed by atoms with Crippen molar-refractivity contribution in [2.75, 3.05) is 11.9 Å². The third-order valence-electron chi connectivity index (χ3n) is 3.01. The molecule has 114 valence electrons. The van der Waals surface area contributed by atoms with Crippen molar-refractivity contribution in [3.63, 3.8) is 0 Å². The van der Waals surface area contributed by atoms with Crippen LogP contribution in [0, 0.1) is 0 Å². The topological polar surface area (TPSA) is 68.3 Å². The van der Waals surface area contributed by atoms with Gasteiger partial charge in [0.15, 0.2) is 5.78 Å². The summed E-state index contributed by atoms with van der Waals surface area (Å²) in [6, 6.07) is 12.3. The van der Waals surface area contributed by atoms with Crippen molar-refractivity contribution in [2.45, 2.75) is 19.8 Å². The first-order valence-corrected chi connectivity index (χ1v) is 7.10. The molecule has 1 aromatic carbocycles. The Morgan fingerprint density at radius 3 is 2.55 bits per heavy atom. The van der Waals surface area contributed by atoms with Gasteiger partial charge in [-0.05, 0) is 49.7 Å². The van der Waals surface area contributed by atoms with E-state index in [9.17, 15) is 9.59 Å². The number of rotatable bonds is 7. The van der Waals surface area contributed by atoms with Gasteiger partial charge in [0, 0.05) is 18.2 Å². The number of hydrogen-bond donors (Lipinski definition) is 1. The fourth-order valence-electron chi connectivity index (χ4n) is 1.85. The summed E-state index contributed by atoms with van der Waals surface area (Å²) in [5, 5.41) is 2.72. The van der Waals surface area contributed by atoms with Crippen molar-refractivity contribution >= 4 is 17.5 Å². The summed E-state index contributed by atoms with van der Waals surface area (Å²) in [5.41, 5.74) is 0.655. The number of amides is 1. The molecule has 0 unspecified atom stereocenters. The molecule has 1 amide bonds. The Hall–Kier alpha value is -2.69. The lowest BCUT2D eigenvalue weighted by Crippen LogP contribution is -2.13. The number of benzene rings is 1. The third-order valence-corrected chi connectivity index (χ3v) is 3.01. The van der Waals surface area contributed by atoms with Crippen LogP contribution in [-0.2, 0) is 4.79 Å². The Balaban J connectivity index is 1.68. The Labute approximate surface area is 129 Å². The molecule has 1 aromatic heterocycles. The molecule has 5 heteroatoms. The van der Waals surface area contributed by atoms with E-state index in [1.54, 1.807) is 42.6 Å². The highest BCUT2D eigenvalue weighted by Crippen LogP contribution is 2.13. The Kier molecular flexibility index (Phi) is 5.65. The second kappa shape index (κ2) is 7.93. The van der Waals surface area contributed by atoms with Crippen LogP contribution in [0.4, 0.5) is 5.82 Å². The fourth-order valence-corrected chi connectivity index (χ4v) is 1.85. The van der Waals surface area contributed by atoms with Crippen LogP contribution in [0.15, 0.2) is 48.7 Å². The van der Waals surface area contributed by atoms with E-state index in [2.05, 4.69) is 10.3 Å². The van der Waals surface area contributed by atoms with Crippen LogP contribution in [-0.4, -0.2) is 23.3 Å². The number of ketones is 1. The van der Waals surface area contributed by atoms with E-state index in [0.717, 1.165) is 0 Å². The quantitative estimate of drug-likeness (QED) is 0.630. The average molecular weight is 298 g/mol. The van der Waals surface area contributed by atoms with Gasteiger partial charge in [-0.15, -0.1) is 0 Å². The highest BCUT2D eigenvalue weighted by Gasteiger charge is 2.03. The van der Waals surface area contributed by atoms with Crippen molar-refractivity contribution in [3.05, 3.63) is 54.2 Å². The lowest BCUT2D eigenvalue weighted by molar-refractivity contribution is -0.116. The second-order valence-electron chi connectivity index (χ2n) is 4.80. The number of nitrogens with one attached hydrogen (secondary N) is 1. The molecule has 0 spiro atoms. The van der Waals surface area contributed by atoms with Gasteiger partial charge in [0.1, 0.15) is 11.6 Å². The second-order valence-corrected chi connectivity index (χ2v) is 4.80. The number of aromatic nitrogens is 1. The van der Waals surface area contributed by atoms with Gasteiger partial charge in [-0.2, -0.15) is 0 Å². The van der Waals surface area contributed by atoms with Gasteiger partial charge in [-0.25, -0.2) is 4.98 Å². The lowest BCUT2D eigenvalue weighted by atomic mass is 10.1. The van der Waals surface area contributed by atoms with Crippen molar-refractivity contribution in [2.24, 2.45) is 0 Å². The average Bonchev–Trinajstić information content (AvgIpc) is 2.53. The van der Waals surface area contributed by atoms with E-state index in [4.69, 9.17) is 4.74 Å². The van der Waals surface area contributed by atoms with Crippen molar-refractivity contribution in [1.82, 2.24) is 4.98 Å². The Bertz CT molecular complexity index is 624. The first-order valence-electron chi connectivity index (χ1n) is 7.10. The lowest BCUT2D eigenvalue weighted by Gasteiger charge is -2.07. The standard InChI is InChI=1S/C17H18N2O3/c1-13(20)14-7-9-15(10-8-14)22-12-4-6-17(21)19-16-5-2-3-11-18-16/h2-3,5,7-11H,4,6,12H2,1H3,(H,18,19,21). The summed E-state index contributed by atoms with van der Waals surface area (Å²) in [7, 11) is 0. The number of hydrogen-bond acceptors (Lipinski definition) is 4. The van der Waals surface area contributed by atoms with Crippen LogP contribution in [0.1, 0.15) is 30.1 Å². The number of pyridine rings is 1. The van der Waals surface area contributed by atoms with Crippen molar-refractivity contribution in [3.8, 4) is 5.75 Å². The SMILES string of the molecule is CC(=O)c1ccc(OCCCC(=O)Nc2ccccn2)cc1. The highest BCUT2D eigenvalue weighted by atomic mass is 16.5. The molecule has 0 aliphatic rings. The molecule has 0 aliphatic heterocycles. The van der Waals surface area contributed by atoms with Crippen molar-refractivity contribution < 1.29 is 14.3 Å². The molecule has 0 saturated heterocycles. The molecule has 2 rings (SSSR count). The van der Waals surface area contributed by atoms with Crippen LogP contribution >= 0.6 is 0 Å². The van der Waals surface area contributed by atoms with Gasteiger partial charge in [0.2, 0.25) is 5.91 Å². The van der Waals surface area contributed by atoms with E-state index in [0.29, 0.717) is 36.6 Å². The third kappa shape index (κ3) is 5.01. The van der Waals surface area contributed by atoms with Gasteiger partial charge in [0.25, 0.3) is 0 Å². The van der Waals surface area contributed by atoms with Gasteiger partial charge in [-0.3, -0.25) is 9.59 Å². The van der Waals surface area contributed by atoms with E-state index in [-0.39, 0.29) is 11.7 Å². The summed E-state index contributed by atoms with van der Waals surface area (Å²) in [6.45, 7) is 1.96. The maximum atomic E-state index is 11.7. The summed E-state index contributed by atoms with van der Waals surface area (Å²) in [5.74, 6) is 1.18. The predicted octanol–water partition coefficient (Wildman–Crippen LogP) is 3.08. The van der Waals surface area contributed by atoms with Crippen LogP contribution in [0.2, 0.25) is 0 Å². The normalized spacial score (nSPS) is 10.0. The van der Waals surface area contributed by atoms with Gasteiger partial charge < -0.3 is 10.1 Å². The van der Waals surface area contributed by atoms with Gasteiger partial charge in [-0.1, -0.05) is 6.07 Å². The fraction of sp³-hybridized carbons (Fsp3) is 0.235. The Morgan fingerprint density at radius 2 is 1.91 bits per heavy atom. The molecule has 1 N–H and O–H groups in total. The zero-order valence-electron chi connectivity index (χ0n) is 12.4. The van der Waals surface area contributed by atoms with Crippen LogP contribution < -0.4 is 10.1 Å². The molecule has 0 bridgehead atoms. The monoisotopic (exact) mass is 298 g/mol. The maximum Gasteiger partial charge on any atom is 0.225 e.